The summed E-state index contributed by atoms with van der Waals surface area (Å²) in [6.45, 7) is 7.88. The minimum atomic E-state index is -0.419. The number of hydrogen-bond acceptors (Lipinski definition) is 3. The van der Waals surface area contributed by atoms with Crippen LogP contribution in [0.15, 0.2) is 24.3 Å². The molecule has 1 heterocycles. The Kier molecular flexibility index (Phi) is 4.20. The van der Waals surface area contributed by atoms with E-state index in [1.165, 1.54) is 5.56 Å². The molecule has 0 atom stereocenters. The molecule has 3 N–H and O–H groups in total. The number of rotatable bonds is 5. The maximum absolute atomic E-state index is 11.1. The summed E-state index contributed by atoms with van der Waals surface area (Å²) in [4.78, 5) is 11.1. The Morgan fingerprint density at radius 1 is 1.30 bits per heavy atom. The molecule has 0 radical (unpaired) electrons. The molecule has 5 nitrogen and oxygen atoms in total. The van der Waals surface area contributed by atoms with Crippen LogP contribution >= 0.6 is 0 Å². The molecule has 0 aliphatic heterocycles. The number of nitrogens with one attached hydrogen (secondary N) is 1. The first kappa shape index (κ1) is 14.3. The van der Waals surface area contributed by atoms with Gasteiger partial charge in [-0.15, -0.1) is 0 Å². The third-order valence-electron chi connectivity index (χ3n) is 3.39. The van der Waals surface area contributed by atoms with Crippen LogP contribution in [-0.4, -0.2) is 22.2 Å². The molecule has 5 heteroatoms. The van der Waals surface area contributed by atoms with E-state index in [0.717, 1.165) is 30.2 Å². The van der Waals surface area contributed by atoms with Gasteiger partial charge in [0.15, 0.2) is 0 Å². The average molecular weight is 272 g/mol. The number of hydrogen-bond donors (Lipinski definition) is 2. The van der Waals surface area contributed by atoms with Crippen LogP contribution in [0.2, 0.25) is 0 Å². The second-order valence-corrected chi connectivity index (χ2v) is 4.75. The lowest BCUT2D eigenvalue weighted by atomic mass is 10.2. The van der Waals surface area contributed by atoms with Crippen molar-refractivity contribution in [2.24, 2.45) is 5.73 Å². The van der Waals surface area contributed by atoms with Crippen molar-refractivity contribution in [2.45, 2.75) is 27.3 Å². The third kappa shape index (κ3) is 2.72. The topological polar surface area (TPSA) is 72.9 Å². The van der Waals surface area contributed by atoms with Gasteiger partial charge in [-0.05, 0) is 44.7 Å². The molecule has 1 aromatic carbocycles. The number of carbonyl (C=O) groups excluding carboxylic acids is 1. The van der Waals surface area contributed by atoms with E-state index in [-0.39, 0.29) is 0 Å². The Morgan fingerprint density at radius 3 is 2.50 bits per heavy atom. The maximum Gasteiger partial charge on any atom is 0.248 e. The van der Waals surface area contributed by atoms with Gasteiger partial charge in [-0.2, -0.15) is 5.10 Å². The largest absolute Gasteiger partial charge is 0.366 e. The lowest BCUT2D eigenvalue weighted by Crippen LogP contribution is -2.13. The highest BCUT2D eigenvalue weighted by atomic mass is 16.1. The number of carbonyl (C=O) groups is 1. The van der Waals surface area contributed by atoms with Crippen LogP contribution in [0, 0.1) is 13.8 Å². The van der Waals surface area contributed by atoms with E-state index in [0.29, 0.717) is 5.56 Å². The highest BCUT2D eigenvalue weighted by Crippen LogP contribution is 2.18. The smallest absolute Gasteiger partial charge is 0.248 e. The Hall–Kier alpha value is -2.14. The van der Waals surface area contributed by atoms with Crippen molar-refractivity contribution in [3.05, 3.63) is 46.8 Å². The molecule has 106 valence electrons. The number of aromatic nitrogens is 2. The van der Waals surface area contributed by atoms with Crippen molar-refractivity contribution in [1.29, 1.82) is 0 Å². The quantitative estimate of drug-likeness (QED) is 0.870. The fourth-order valence-corrected chi connectivity index (χ4v) is 2.20. The average Bonchev–Trinajstić information content (AvgIpc) is 2.72. The second kappa shape index (κ2) is 5.88. The van der Waals surface area contributed by atoms with Gasteiger partial charge in [-0.1, -0.05) is 6.92 Å². The van der Waals surface area contributed by atoms with Gasteiger partial charge >= 0.3 is 0 Å². The highest BCUT2D eigenvalue weighted by molar-refractivity contribution is 5.92. The summed E-state index contributed by atoms with van der Waals surface area (Å²) >= 11 is 0. The molecule has 0 saturated carbocycles. The molecule has 1 aromatic heterocycles. The summed E-state index contributed by atoms with van der Waals surface area (Å²) in [6, 6.07) is 7.16. The summed E-state index contributed by atoms with van der Waals surface area (Å²) in [5.41, 5.74) is 10.0. The molecule has 20 heavy (non-hydrogen) atoms. The standard InChI is InChI=1S/C15H20N4O/c1-4-17-9-14-10(2)18-19(11(14)3)13-7-5-12(6-8-13)15(16)20/h5-8,17H,4,9H2,1-3H3,(H2,16,20). The third-order valence-corrected chi connectivity index (χ3v) is 3.39. The fourth-order valence-electron chi connectivity index (χ4n) is 2.20. The first-order valence-corrected chi connectivity index (χ1v) is 6.70. The predicted octanol–water partition coefficient (Wildman–Crippen LogP) is 1.70. The number of aryl methyl sites for hydroxylation is 1. The molecule has 0 bridgehead atoms. The van der Waals surface area contributed by atoms with Crippen molar-refractivity contribution in [1.82, 2.24) is 15.1 Å². The zero-order valence-corrected chi connectivity index (χ0v) is 12.1. The van der Waals surface area contributed by atoms with E-state index in [9.17, 15) is 4.79 Å². The lowest BCUT2D eigenvalue weighted by molar-refractivity contribution is 0.100. The first-order chi connectivity index (χ1) is 9.54. The second-order valence-electron chi connectivity index (χ2n) is 4.75. The molecule has 2 aromatic rings. The van der Waals surface area contributed by atoms with Gasteiger partial charge in [-0.25, -0.2) is 4.68 Å². The lowest BCUT2D eigenvalue weighted by Gasteiger charge is -2.06. The molecule has 2 rings (SSSR count). The van der Waals surface area contributed by atoms with E-state index in [1.807, 2.05) is 23.7 Å². The molecule has 0 fully saturated rings. The molecule has 0 spiro atoms. The Bertz CT molecular complexity index is 614. The number of nitrogens with zero attached hydrogens (tertiary/aromatic N) is 2. The van der Waals surface area contributed by atoms with E-state index >= 15 is 0 Å². The van der Waals surface area contributed by atoms with Crippen LogP contribution in [0.3, 0.4) is 0 Å². The van der Waals surface area contributed by atoms with Gasteiger partial charge in [0.25, 0.3) is 0 Å². The summed E-state index contributed by atoms with van der Waals surface area (Å²) in [5, 5.41) is 7.89. The minimum absolute atomic E-state index is 0.419. The van der Waals surface area contributed by atoms with Crippen LogP contribution < -0.4 is 11.1 Å². The molecular weight excluding hydrogens is 252 g/mol. The highest BCUT2D eigenvalue weighted by Gasteiger charge is 2.12. The monoisotopic (exact) mass is 272 g/mol. The maximum atomic E-state index is 11.1. The van der Waals surface area contributed by atoms with Gasteiger partial charge < -0.3 is 11.1 Å². The summed E-state index contributed by atoms with van der Waals surface area (Å²) in [7, 11) is 0. The van der Waals surface area contributed by atoms with Crippen LogP contribution in [0.1, 0.15) is 34.2 Å². The molecule has 0 aliphatic carbocycles. The van der Waals surface area contributed by atoms with Crippen LogP contribution in [0.5, 0.6) is 0 Å². The Morgan fingerprint density at radius 2 is 1.95 bits per heavy atom. The summed E-state index contributed by atoms with van der Waals surface area (Å²) < 4.78 is 1.90. The Labute approximate surface area is 118 Å². The van der Waals surface area contributed by atoms with Crippen molar-refractivity contribution < 1.29 is 4.79 Å². The molecule has 0 unspecified atom stereocenters. The molecule has 1 amide bonds. The van der Waals surface area contributed by atoms with Gasteiger partial charge in [0, 0.05) is 23.4 Å². The minimum Gasteiger partial charge on any atom is -0.366 e. The van der Waals surface area contributed by atoms with Gasteiger partial charge in [-0.3, -0.25) is 4.79 Å². The van der Waals surface area contributed by atoms with Crippen LogP contribution in [0.4, 0.5) is 0 Å². The zero-order valence-electron chi connectivity index (χ0n) is 12.1. The van der Waals surface area contributed by atoms with Gasteiger partial charge in [0.05, 0.1) is 11.4 Å². The predicted molar refractivity (Wildman–Crippen MR) is 78.9 cm³/mol. The van der Waals surface area contributed by atoms with Gasteiger partial charge in [0.2, 0.25) is 5.91 Å². The van der Waals surface area contributed by atoms with Crippen molar-refractivity contribution >= 4 is 5.91 Å². The Balaban J connectivity index is 2.35. The van der Waals surface area contributed by atoms with Gasteiger partial charge in [0.1, 0.15) is 0 Å². The van der Waals surface area contributed by atoms with Crippen LogP contribution in [0.25, 0.3) is 5.69 Å². The van der Waals surface area contributed by atoms with E-state index < -0.39 is 5.91 Å². The summed E-state index contributed by atoms with van der Waals surface area (Å²) in [6.07, 6.45) is 0. The first-order valence-electron chi connectivity index (χ1n) is 6.70. The number of amides is 1. The summed E-state index contributed by atoms with van der Waals surface area (Å²) in [5.74, 6) is -0.419. The number of nitrogens with two attached hydrogens (primary N) is 1. The van der Waals surface area contributed by atoms with E-state index in [2.05, 4.69) is 24.3 Å². The van der Waals surface area contributed by atoms with E-state index in [1.54, 1.807) is 12.1 Å². The molecular formula is C15H20N4O. The van der Waals surface area contributed by atoms with E-state index in [4.69, 9.17) is 5.73 Å². The van der Waals surface area contributed by atoms with Crippen molar-refractivity contribution in [2.75, 3.05) is 6.54 Å². The number of benzene rings is 1. The fraction of sp³-hybridized carbons (Fsp3) is 0.333. The van der Waals surface area contributed by atoms with Crippen molar-refractivity contribution in [3.63, 3.8) is 0 Å². The normalized spacial score (nSPS) is 10.8. The SMILES string of the molecule is CCNCc1c(C)nn(-c2ccc(C(N)=O)cc2)c1C. The number of primary amides is 1. The zero-order chi connectivity index (χ0) is 14.7. The van der Waals surface area contributed by atoms with Crippen LogP contribution in [-0.2, 0) is 6.54 Å². The molecule has 0 saturated heterocycles. The molecule has 0 aliphatic rings. The van der Waals surface area contributed by atoms with Crippen molar-refractivity contribution in [3.8, 4) is 5.69 Å².